The van der Waals surface area contributed by atoms with Gasteiger partial charge in [-0.1, -0.05) is 18.9 Å². The molecule has 0 unspecified atom stereocenters. The Morgan fingerprint density at radius 1 is 1.03 bits per heavy atom. The van der Waals surface area contributed by atoms with E-state index in [9.17, 15) is 26.7 Å². The first-order valence-electron chi connectivity index (χ1n) is 8.17. The van der Waals surface area contributed by atoms with E-state index in [1.807, 2.05) is 13.8 Å². The molecule has 0 aliphatic heterocycles. The average Bonchev–Trinajstić information content (AvgIpc) is 3.10. The van der Waals surface area contributed by atoms with Gasteiger partial charge in [0.2, 0.25) is 0 Å². The fourth-order valence-corrected chi connectivity index (χ4v) is 2.56. The Bertz CT molecular complexity index is 974. The van der Waals surface area contributed by atoms with Gasteiger partial charge in [0.15, 0.2) is 0 Å². The molecular formula is C18H14F5N3O2S. The van der Waals surface area contributed by atoms with E-state index in [-0.39, 0.29) is 39.7 Å². The number of carbonyl (C=O) groups is 1. The number of halogens is 5. The van der Waals surface area contributed by atoms with E-state index >= 15 is 0 Å². The molecule has 29 heavy (non-hydrogen) atoms. The normalized spacial score (nSPS) is 10.9. The molecule has 154 valence electrons. The number of hydrogen-bond acceptors (Lipinski definition) is 5. The minimum absolute atomic E-state index is 0.0502. The van der Waals surface area contributed by atoms with Crippen LogP contribution in [0, 0.1) is 11.6 Å². The van der Waals surface area contributed by atoms with Crippen molar-refractivity contribution in [1.82, 2.24) is 10.2 Å². The minimum atomic E-state index is -4.43. The molecule has 5 nitrogen and oxygen atoms in total. The number of alkyl halides is 3. The number of nitrogens with zero attached hydrogens (tertiary/aromatic N) is 2. The molecule has 0 saturated heterocycles. The molecule has 0 saturated carbocycles. The van der Waals surface area contributed by atoms with Crippen LogP contribution in [0.3, 0.4) is 0 Å². The van der Waals surface area contributed by atoms with Crippen LogP contribution in [0.1, 0.15) is 24.2 Å². The molecule has 3 aromatic rings. The molecule has 1 amide bonds. The predicted octanol–water partition coefficient (Wildman–Crippen LogP) is 5.91. The van der Waals surface area contributed by atoms with Gasteiger partial charge in [0.05, 0.1) is 5.56 Å². The third-order valence-electron chi connectivity index (χ3n) is 3.16. The van der Waals surface area contributed by atoms with Crippen molar-refractivity contribution in [1.29, 1.82) is 0 Å². The van der Waals surface area contributed by atoms with Crippen molar-refractivity contribution in [3.05, 3.63) is 59.7 Å². The third kappa shape index (κ3) is 6.28. The first-order chi connectivity index (χ1) is 13.7. The van der Waals surface area contributed by atoms with Gasteiger partial charge in [0.1, 0.15) is 11.6 Å². The van der Waals surface area contributed by atoms with Gasteiger partial charge < -0.3 is 4.42 Å². The van der Waals surface area contributed by atoms with Crippen molar-refractivity contribution >= 4 is 23.7 Å². The minimum Gasteiger partial charge on any atom is -0.403 e. The van der Waals surface area contributed by atoms with Gasteiger partial charge in [0, 0.05) is 16.5 Å². The zero-order valence-electron chi connectivity index (χ0n) is 15.1. The highest BCUT2D eigenvalue weighted by molar-refractivity contribution is 8.00. The van der Waals surface area contributed by atoms with Crippen LogP contribution >= 0.6 is 11.8 Å². The summed E-state index contributed by atoms with van der Waals surface area (Å²) in [7, 11) is 0. The van der Waals surface area contributed by atoms with Crippen molar-refractivity contribution in [2.24, 2.45) is 0 Å². The third-order valence-corrected chi connectivity index (χ3v) is 3.90. The maximum Gasteiger partial charge on any atom is 0.446 e. The molecule has 1 N–H and O–H groups in total. The van der Waals surface area contributed by atoms with Crippen LogP contribution in [0.4, 0.5) is 28.0 Å². The summed E-state index contributed by atoms with van der Waals surface area (Å²) < 4.78 is 68.6. The van der Waals surface area contributed by atoms with Crippen LogP contribution in [0.2, 0.25) is 0 Å². The Kier molecular flexibility index (Phi) is 7.32. The summed E-state index contributed by atoms with van der Waals surface area (Å²) in [4.78, 5) is 12.0. The Labute approximate surface area is 166 Å². The number of nitrogens with one attached hydrogen (secondary N) is 1. The molecule has 2 aromatic carbocycles. The second kappa shape index (κ2) is 9.50. The summed E-state index contributed by atoms with van der Waals surface area (Å²) in [5, 5.41) is 9.32. The van der Waals surface area contributed by atoms with Crippen molar-refractivity contribution in [3.63, 3.8) is 0 Å². The van der Waals surface area contributed by atoms with E-state index < -0.39 is 23.0 Å². The number of thioether (sulfide) groups is 1. The average molecular weight is 431 g/mol. The highest BCUT2D eigenvalue weighted by Crippen LogP contribution is 2.36. The molecule has 0 aliphatic rings. The van der Waals surface area contributed by atoms with Gasteiger partial charge in [-0.15, -0.1) is 5.10 Å². The van der Waals surface area contributed by atoms with Crippen molar-refractivity contribution in [2.45, 2.75) is 24.3 Å². The monoisotopic (exact) mass is 431 g/mol. The van der Waals surface area contributed by atoms with E-state index in [0.717, 1.165) is 24.3 Å². The smallest absolute Gasteiger partial charge is 0.403 e. The van der Waals surface area contributed by atoms with E-state index in [1.165, 1.54) is 12.1 Å². The molecule has 0 radical (unpaired) electrons. The lowest BCUT2D eigenvalue weighted by Crippen LogP contribution is -2.12. The Morgan fingerprint density at radius 2 is 1.69 bits per heavy atom. The lowest BCUT2D eigenvalue weighted by molar-refractivity contribution is -0.0328. The Morgan fingerprint density at radius 3 is 2.28 bits per heavy atom. The van der Waals surface area contributed by atoms with E-state index in [0.29, 0.717) is 6.07 Å². The van der Waals surface area contributed by atoms with Crippen molar-refractivity contribution in [3.8, 4) is 11.5 Å². The molecule has 0 atom stereocenters. The number of carbonyl (C=O) groups excluding carboxylic acids is 1. The van der Waals surface area contributed by atoms with Gasteiger partial charge in [-0.3, -0.25) is 10.1 Å². The quantitative estimate of drug-likeness (QED) is 0.411. The van der Waals surface area contributed by atoms with Crippen LogP contribution in [-0.2, 0) is 0 Å². The zero-order valence-corrected chi connectivity index (χ0v) is 15.9. The fraction of sp³-hybridized carbons (Fsp3) is 0.167. The molecule has 1 aromatic heterocycles. The van der Waals surface area contributed by atoms with E-state index in [1.54, 1.807) is 0 Å². The molecule has 0 fully saturated rings. The SMILES string of the molecule is CC.O=C(Nc1nnc(-c2ccc(F)cc2F)o1)c1ccc(SC(F)(F)F)cc1. The predicted molar refractivity (Wildman–Crippen MR) is 97.3 cm³/mol. The summed E-state index contributed by atoms with van der Waals surface area (Å²) in [6.07, 6.45) is 0. The number of aromatic nitrogens is 2. The standard InChI is InChI=1S/C16H8F5N3O2S.C2H6/c17-9-3-6-11(12(18)7-9)14-23-24-15(26-14)22-13(25)8-1-4-10(5-2-8)27-16(19,20)21;1-2/h1-7H,(H,22,24,25);1-2H3. The second-order valence-electron chi connectivity index (χ2n) is 5.06. The largest absolute Gasteiger partial charge is 0.446 e. The van der Waals surface area contributed by atoms with Crippen LogP contribution in [0.15, 0.2) is 51.8 Å². The first-order valence-corrected chi connectivity index (χ1v) is 8.99. The van der Waals surface area contributed by atoms with Crippen LogP contribution in [0.25, 0.3) is 11.5 Å². The highest BCUT2D eigenvalue weighted by atomic mass is 32.2. The molecule has 0 aliphatic carbocycles. The molecular weight excluding hydrogens is 417 g/mol. The van der Waals surface area contributed by atoms with Gasteiger partial charge >= 0.3 is 11.5 Å². The maximum atomic E-state index is 13.7. The fourth-order valence-electron chi connectivity index (χ4n) is 2.02. The molecule has 3 rings (SSSR count). The zero-order chi connectivity index (χ0) is 21.6. The number of amides is 1. The van der Waals surface area contributed by atoms with Crippen LogP contribution in [0.5, 0.6) is 0 Å². The molecule has 0 spiro atoms. The summed E-state index contributed by atoms with van der Waals surface area (Å²) in [6, 6.07) is 7.05. The summed E-state index contributed by atoms with van der Waals surface area (Å²) in [5.41, 5.74) is -4.54. The second-order valence-corrected chi connectivity index (χ2v) is 6.20. The lowest BCUT2D eigenvalue weighted by atomic mass is 10.2. The van der Waals surface area contributed by atoms with Gasteiger partial charge in [-0.25, -0.2) is 8.78 Å². The molecule has 0 bridgehead atoms. The molecule has 1 heterocycles. The van der Waals surface area contributed by atoms with E-state index in [4.69, 9.17) is 4.42 Å². The van der Waals surface area contributed by atoms with Gasteiger partial charge in [-0.05, 0) is 48.2 Å². The Hall–Kier alpha value is -2.95. The van der Waals surface area contributed by atoms with E-state index in [2.05, 4.69) is 15.5 Å². The first kappa shape index (κ1) is 22.3. The summed E-state index contributed by atoms with van der Waals surface area (Å²) in [5.74, 6) is -2.70. The highest BCUT2D eigenvalue weighted by Gasteiger charge is 2.29. The molecule has 11 heteroatoms. The number of benzene rings is 2. The number of anilines is 1. The Balaban J connectivity index is 0.00000145. The number of rotatable bonds is 4. The maximum absolute atomic E-state index is 13.7. The number of hydrogen-bond donors (Lipinski definition) is 1. The van der Waals surface area contributed by atoms with Crippen molar-refractivity contribution < 1.29 is 31.2 Å². The summed E-state index contributed by atoms with van der Waals surface area (Å²) in [6.45, 7) is 4.00. The van der Waals surface area contributed by atoms with Crippen LogP contribution < -0.4 is 5.32 Å². The lowest BCUT2D eigenvalue weighted by Gasteiger charge is -2.06. The van der Waals surface area contributed by atoms with Gasteiger partial charge in [-0.2, -0.15) is 13.2 Å². The van der Waals surface area contributed by atoms with Gasteiger partial charge in [0.25, 0.3) is 11.8 Å². The topological polar surface area (TPSA) is 68.0 Å². The summed E-state index contributed by atoms with van der Waals surface area (Å²) >= 11 is -0.306. The van der Waals surface area contributed by atoms with Crippen molar-refractivity contribution in [2.75, 3.05) is 5.32 Å². The van der Waals surface area contributed by atoms with Crippen LogP contribution in [-0.4, -0.2) is 21.6 Å².